The third-order valence-electron chi connectivity index (χ3n) is 8.79. The number of carbonyl (C=O) groups excluding carboxylic acids is 1. The molecule has 5 atom stereocenters. The number of benzene rings is 3. The second-order valence-corrected chi connectivity index (χ2v) is 13.0. The minimum atomic E-state index is -4.97. The van der Waals surface area contributed by atoms with Gasteiger partial charge in [-0.2, -0.15) is 26.3 Å². The number of halogens is 6. The van der Waals surface area contributed by atoms with Gasteiger partial charge in [0.2, 0.25) is 0 Å². The highest BCUT2D eigenvalue weighted by Crippen LogP contribution is 2.56. The average Bonchev–Trinajstić information content (AvgIpc) is 3.18. The van der Waals surface area contributed by atoms with Crippen molar-refractivity contribution in [1.29, 1.82) is 0 Å². The fourth-order valence-corrected chi connectivity index (χ4v) is 6.91. The van der Waals surface area contributed by atoms with E-state index in [4.69, 9.17) is 9.47 Å². The molecule has 2 bridgehead atoms. The van der Waals surface area contributed by atoms with Gasteiger partial charge in [0.15, 0.2) is 0 Å². The lowest BCUT2D eigenvalue weighted by Gasteiger charge is -2.50. The molecule has 3 aromatic carbocycles. The number of carbonyl (C=O) groups is 1. The number of hydrogen-bond acceptors (Lipinski definition) is 4. The van der Waals surface area contributed by atoms with Gasteiger partial charge in [0.1, 0.15) is 5.60 Å². The monoisotopic (exact) mass is 633 g/mol. The summed E-state index contributed by atoms with van der Waals surface area (Å²) < 4.78 is 94.6. The molecule has 0 spiro atoms. The predicted octanol–water partition coefficient (Wildman–Crippen LogP) is 9.09. The Morgan fingerprint density at radius 2 is 1.42 bits per heavy atom. The molecule has 0 amide bonds. The molecular formula is C35H37F6NO3. The second kappa shape index (κ2) is 12.1. The van der Waals surface area contributed by atoms with E-state index < -0.39 is 52.7 Å². The predicted molar refractivity (Wildman–Crippen MR) is 157 cm³/mol. The van der Waals surface area contributed by atoms with Crippen LogP contribution in [0.2, 0.25) is 0 Å². The molecule has 0 radical (unpaired) electrons. The molecule has 242 valence electrons. The van der Waals surface area contributed by atoms with Gasteiger partial charge in [-0.1, -0.05) is 60.7 Å². The molecule has 5 rings (SSSR count). The standard InChI is InChI=1S/C35H37F6NO3/c1-22(24-17-26(34(36,37)38)19-27(18-24)35(39,40)41)44-30-16-15-29-28(31(43)45-32(2,3)4)20-33(30,25-13-9-6-10-14-25)42(29)21-23-11-7-5-8-12-23/h5-14,17-19,22,28-30H,15-16,20-21H2,1-4H3/t22?,28?,29?,30?,33-/m1/s1. The van der Waals surface area contributed by atoms with Crippen LogP contribution in [0.1, 0.15) is 80.9 Å². The number of esters is 1. The van der Waals surface area contributed by atoms with Gasteiger partial charge in [0.25, 0.3) is 0 Å². The molecule has 0 saturated carbocycles. The van der Waals surface area contributed by atoms with Gasteiger partial charge in [0, 0.05) is 12.6 Å². The van der Waals surface area contributed by atoms with Crippen LogP contribution in [-0.4, -0.2) is 28.6 Å². The minimum absolute atomic E-state index is 0.122. The van der Waals surface area contributed by atoms with E-state index in [1.807, 2.05) is 60.7 Å². The van der Waals surface area contributed by atoms with Crippen molar-refractivity contribution in [3.63, 3.8) is 0 Å². The van der Waals surface area contributed by atoms with E-state index in [1.54, 1.807) is 20.8 Å². The number of fused-ring (bicyclic) bond motifs is 2. The van der Waals surface area contributed by atoms with Crippen molar-refractivity contribution in [1.82, 2.24) is 4.90 Å². The van der Waals surface area contributed by atoms with Crippen molar-refractivity contribution < 1.29 is 40.6 Å². The van der Waals surface area contributed by atoms with Crippen LogP contribution in [0.15, 0.2) is 78.9 Å². The first-order valence-corrected chi connectivity index (χ1v) is 15.0. The van der Waals surface area contributed by atoms with Gasteiger partial charge in [-0.25, -0.2) is 0 Å². The highest BCUT2D eigenvalue weighted by Gasteiger charge is 2.62. The first-order valence-electron chi connectivity index (χ1n) is 15.0. The summed E-state index contributed by atoms with van der Waals surface area (Å²) in [6.07, 6.45) is -10.4. The third-order valence-corrected chi connectivity index (χ3v) is 8.79. The van der Waals surface area contributed by atoms with Crippen LogP contribution in [0.4, 0.5) is 26.3 Å². The lowest BCUT2D eigenvalue weighted by atomic mass is 9.78. The molecule has 2 fully saturated rings. The maximum Gasteiger partial charge on any atom is 0.416 e. The first-order chi connectivity index (χ1) is 21.0. The number of alkyl halides is 6. The molecule has 0 N–H and O–H groups in total. The Balaban J connectivity index is 1.60. The Kier molecular flexibility index (Phi) is 8.87. The molecule has 0 aromatic heterocycles. The first kappa shape index (κ1) is 33.0. The molecular weight excluding hydrogens is 596 g/mol. The van der Waals surface area contributed by atoms with Crippen LogP contribution in [-0.2, 0) is 38.7 Å². The lowest BCUT2D eigenvalue weighted by Crippen LogP contribution is -2.56. The van der Waals surface area contributed by atoms with E-state index in [1.165, 1.54) is 6.92 Å². The van der Waals surface area contributed by atoms with Crippen molar-refractivity contribution in [2.75, 3.05) is 0 Å². The second-order valence-electron chi connectivity index (χ2n) is 13.0. The number of nitrogens with zero attached hydrogens (tertiary/aromatic N) is 1. The highest BCUT2D eigenvalue weighted by atomic mass is 19.4. The van der Waals surface area contributed by atoms with E-state index in [2.05, 4.69) is 4.90 Å². The van der Waals surface area contributed by atoms with E-state index >= 15 is 0 Å². The van der Waals surface area contributed by atoms with E-state index in [0.29, 0.717) is 25.8 Å². The van der Waals surface area contributed by atoms with Crippen LogP contribution in [0.5, 0.6) is 0 Å². The summed E-state index contributed by atoms with van der Waals surface area (Å²) >= 11 is 0. The summed E-state index contributed by atoms with van der Waals surface area (Å²) in [4.78, 5) is 15.9. The molecule has 4 nitrogen and oxygen atoms in total. The van der Waals surface area contributed by atoms with Crippen molar-refractivity contribution in [2.45, 2.75) is 95.2 Å². The summed E-state index contributed by atoms with van der Waals surface area (Å²) in [5.41, 5.74) is -2.78. The molecule has 10 heteroatoms. The third kappa shape index (κ3) is 6.92. The van der Waals surface area contributed by atoms with Crippen molar-refractivity contribution in [3.8, 4) is 0 Å². The van der Waals surface area contributed by atoms with Crippen LogP contribution in [0, 0.1) is 5.92 Å². The maximum absolute atomic E-state index is 13.7. The Morgan fingerprint density at radius 1 is 0.867 bits per heavy atom. The summed E-state index contributed by atoms with van der Waals surface area (Å²) in [5.74, 6) is -0.868. The van der Waals surface area contributed by atoms with Crippen molar-refractivity contribution in [2.24, 2.45) is 5.92 Å². The fourth-order valence-electron chi connectivity index (χ4n) is 6.91. The zero-order valence-corrected chi connectivity index (χ0v) is 25.6. The molecule has 2 saturated heterocycles. The van der Waals surface area contributed by atoms with E-state index in [-0.39, 0.29) is 23.6 Å². The normalized spacial score (nSPS) is 24.8. The molecule has 2 heterocycles. The Hall–Kier alpha value is -3.37. The van der Waals surface area contributed by atoms with E-state index in [0.717, 1.165) is 23.3 Å². The summed E-state index contributed by atoms with van der Waals surface area (Å²) in [6, 6.07) is 20.5. The average molecular weight is 634 g/mol. The molecule has 45 heavy (non-hydrogen) atoms. The van der Waals surface area contributed by atoms with Crippen LogP contribution < -0.4 is 0 Å². The largest absolute Gasteiger partial charge is 0.460 e. The zero-order valence-electron chi connectivity index (χ0n) is 25.6. The SMILES string of the molecule is CC(OC1CCC2C(C(=O)OC(C)(C)C)C[C@]1(c1ccccc1)N2Cc1ccccc1)c1cc(C(F)(F)F)cc(C(F)(F)F)c1. The van der Waals surface area contributed by atoms with Crippen molar-refractivity contribution >= 4 is 5.97 Å². The van der Waals surface area contributed by atoms with Gasteiger partial charge in [0.05, 0.1) is 34.8 Å². The quantitative estimate of drug-likeness (QED) is 0.192. The van der Waals surface area contributed by atoms with Gasteiger partial charge < -0.3 is 9.47 Å². The number of piperidine rings is 1. The number of rotatable bonds is 7. The van der Waals surface area contributed by atoms with E-state index in [9.17, 15) is 31.1 Å². The number of hydrogen-bond donors (Lipinski definition) is 0. The Bertz CT molecular complexity index is 1450. The van der Waals surface area contributed by atoms with Gasteiger partial charge in [-0.3, -0.25) is 9.69 Å². The summed E-state index contributed by atoms with van der Waals surface area (Å²) in [6.45, 7) is 7.34. The number of ether oxygens (including phenoxy) is 2. The maximum atomic E-state index is 13.7. The highest BCUT2D eigenvalue weighted by molar-refractivity contribution is 5.75. The Morgan fingerprint density at radius 3 is 1.96 bits per heavy atom. The van der Waals surface area contributed by atoms with Crippen LogP contribution >= 0.6 is 0 Å². The van der Waals surface area contributed by atoms with Gasteiger partial charge in [-0.15, -0.1) is 0 Å². The molecule has 0 aliphatic carbocycles. The molecule has 3 aromatic rings. The minimum Gasteiger partial charge on any atom is -0.460 e. The topological polar surface area (TPSA) is 38.8 Å². The van der Waals surface area contributed by atoms with Crippen LogP contribution in [0.25, 0.3) is 0 Å². The van der Waals surface area contributed by atoms with Crippen molar-refractivity contribution in [3.05, 3.63) is 107 Å². The van der Waals surface area contributed by atoms with Gasteiger partial charge in [-0.05, 0) is 81.8 Å². The summed E-state index contributed by atoms with van der Waals surface area (Å²) in [7, 11) is 0. The van der Waals surface area contributed by atoms with Crippen LogP contribution in [0.3, 0.4) is 0 Å². The molecule has 2 aliphatic heterocycles. The Labute approximate surface area is 259 Å². The smallest absolute Gasteiger partial charge is 0.416 e. The lowest BCUT2D eigenvalue weighted by molar-refractivity contribution is -0.161. The molecule has 4 unspecified atom stereocenters. The summed E-state index contributed by atoms with van der Waals surface area (Å²) in [5, 5.41) is 0. The zero-order chi connectivity index (χ0) is 32.8. The van der Waals surface area contributed by atoms with Gasteiger partial charge >= 0.3 is 18.3 Å². The fraction of sp³-hybridized carbons (Fsp3) is 0.457. The molecule has 2 aliphatic rings.